The van der Waals surface area contributed by atoms with Crippen molar-refractivity contribution in [3.05, 3.63) is 52.8 Å². The van der Waals surface area contributed by atoms with Crippen molar-refractivity contribution in [2.45, 2.75) is 0 Å². The zero-order valence-electron chi connectivity index (χ0n) is 8.76. The highest BCUT2D eigenvalue weighted by molar-refractivity contribution is 9.10. The van der Waals surface area contributed by atoms with E-state index in [1.807, 2.05) is 30.3 Å². The Morgan fingerprint density at radius 3 is 2.76 bits per heavy atom. The van der Waals surface area contributed by atoms with Gasteiger partial charge < -0.3 is 10.5 Å². The molecule has 2 rings (SSSR count). The van der Waals surface area contributed by atoms with E-state index in [9.17, 15) is 0 Å². The predicted octanol–water partition coefficient (Wildman–Crippen LogP) is 3.27. The van der Waals surface area contributed by atoms with Gasteiger partial charge in [-0.25, -0.2) is 0 Å². The fraction of sp³-hybridized carbons (Fsp3) is 0. The second-order valence-electron chi connectivity index (χ2n) is 3.30. The average Bonchev–Trinajstić information content (AvgIpc) is 2.29. The third kappa shape index (κ3) is 3.01. The molecule has 0 aliphatic carbocycles. The standard InChI is InChI=1S/C12H9BrN2OS/c13-8-5-9(7-15-6-8)16-11-4-2-1-3-10(11)12(14)17/h1-7H,(H2,14,17). The maximum Gasteiger partial charge on any atom is 0.146 e. The molecule has 0 aliphatic heterocycles. The molecule has 0 atom stereocenters. The number of benzene rings is 1. The van der Waals surface area contributed by atoms with Gasteiger partial charge in [0.25, 0.3) is 0 Å². The van der Waals surface area contributed by atoms with Crippen molar-refractivity contribution in [1.82, 2.24) is 4.98 Å². The van der Waals surface area contributed by atoms with Crippen molar-refractivity contribution < 1.29 is 4.74 Å². The Morgan fingerprint density at radius 2 is 2.06 bits per heavy atom. The van der Waals surface area contributed by atoms with Crippen LogP contribution in [0.1, 0.15) is 5.56 Å². The number of pyridine rings is 1. The normalized spacial score (nSPS) is 9.94. The monoisotopic (exact) mass is 308 g/mol. The number of hydrogen-bond acceptors (Lipinski definition) is 3. The molecule has 0 bridgehead atoms. The van der Waals surface area contributed by atoms with Crippen LogP contribution in [0.15, 0.2) is 47.2 Å². The number of hydrogen-bond donors (Lipinski definition) is 1. The molecular weight excluding hydrogens is 300 g/mol. The van der Waals surface area contributed by atoms with Crippen LogP contribution in [-0.4, -0.2) is 9.97 Å². The Bertz CT molecular complexity index is 560. The first-order valence-electron chi connectivity index (χ1n) is 4.84. The second-order valence-corrected chi connectivity index (χ2v) is 4.66. The molecule has 0 radical (unpaired) electrons. The second kappa shape index (κ2) is 5.25. The SMILES string of the molecule is NC(=S)c1ccccc1Oc1cncc(Br)c1. The predicted molar refractivity (Wildman–Crippen MR) is 74.3 cm³/mol. The quantitative estimate of drug-likeness (QED) is 0.884. The van der Waals surface area contributed by atoms with Gasteiger partial charge in [-0.3, -0.25) is 4.98 Å². The lowest BCUT2D eigenvalue weighted by molar-refractivity contribution is 0.479. The summed E-state index contributed by atoms with van der Waals surface area (Å²) >= 11 is 8.29. The molecule has 1 aromatic carbocycles. The molecule has 0 aliphatic rings. The van der Waals surface area contributed by atoms with Crippen LogP contribution in [0.3, 0.4) is 0 Å². The molecule has 3 nitrogen and oxygen atoms in total. The van der Waals surface area contributed by atoms with Crippen LogP contribution in [0.4, 0.5) is 0 Å². The Balaban J connectivity index is 2.33. The first-order chi connectivity index (χ1) is 8.16. The lowest BCUT2D eigenvalue weighted by Crippen LogP contribution is -2.10. The summed E-state index contributed by atoms with van der Waals surface area (Å²) in [6.45, 7) is 0. The minimum absolute atomic E-state index is 0.309. The molecule has 1 aromatic heterocycles. The zero-order chi connectivity index (χ0) is 12.3. The molecule has 5 heteroatoms. The van der Waals surface area contributed by atoms with Gasteiger partial charge in [-0.1, -0.05) is 24.4 Å². The van der Waals surface area contributed by atoms with E-state index in [0.717, 1.165) is 4.47 Å². The minimum atomic E-state index is 0.309. The molecule has 0 saturated carbocycles. The maximum absolute atomic E-state index is 5.69. The summed E-state index contributed by atoms with van der Waals surface area (Å²) < 4.78 is 6.54. The highest BCUT2D eigenvalue weighted by atomic mass is 79.9. The van der Waals surface area contributed by atoms with E-state index in [0.29, 0.717) is 22.1 Å². The van der Waals surface area contributed by atoms with Gasteiger partial charge in [0.15, 0.2) is 0 Å². The molecule has 0 amide bonds. The van der Waals surface area contributed by atoms with Crippen LogP contribution in [0.25, 0.3) is 0 Å². The van der Waals surface area contributed by atoms with Gasteiger partial charge in [0.05, 0.1) is 11.8 Å². The fourth-order valence-electron chi connectivity index (χ4n) is 1.33. The lowest BCUT2D eigenvalue weighted by Gasteiger charge is -2.09. The molecule has 2 N–H and O–H groups in total. The number of aromatic nitrogens is 1. The summed E-state index contributed by atoms with van der Waals surface area (Å²) in [7, 11) is 0. The summed E-state index contributed by atoms with van der Waals surface area (Å²) in [5, 5.41) is 0. The van der Waals surface area contributed by atoms with Crippen LogP contribution < -0.4 is 10.5 Å². The highest BCUT2D eigenvalue weighted by Gasteiger charge is 2.06. The number of nitrogens with two attached hydrogens (primary N) is 1. The van der Waals surface area contributed by atoms with Gasteiger partial charge in [-0.2, -0.15) is 0 Å². The minimum Gasteiger partial charge on any atom is -0.455 e. The molecule has 0 saturated heterocycles. The first-order valence-corrected chi connectivity index (χ1v) is 6.04. The Kier molecular flexibility index (Phi) is 3.71. The molecule has 0 spiro atoms. The van der Waals surface area contributed by atoms with E-state index >= 15 is 0 Å². The topological polar surface area (TPSA) is 48.1 Å². The van der Waals surface area contributed by atoms with Crippen LogP contribution in [-0.2, 0) is 0 Å². The largest absolute Gasteiger partial charge is 0.455 e. The zero-order valence-corrected chi connectivity index (χ0v) is 11.2. The van der Waals surface area contributed by atoms with E-state index in [1.165, 1.54) is 0 Å². The molecule has 0 unspecified atom stereocenters. The summed E-state index contributed by atoms with van der Waals surface area (Å²) in [6.07, 6.45) is 3.31. The summed E-state index contributed by atoms with van der Waals surface area (Å²) in [5.41, 5.74) is 6.34. The molecule has 2 aromatic rings. The smallest absolute Gasteiger partial charge is 0.146 e. The van der Waals surface area contributed by atoms with Crippen molar-refractivity contribution in [1.29, 1.82) is 0 Å². The van der Waals surface area contributed by atoms with Gasteiger partial charge in [-0.05, 0) is 34.1 Å². The molecular formula is C12H9BrN2OS. The van der Waals surface area contributed by atoms with Gasteiger partial charge in [0, 0.05) is 10.7 Å². The van der Waals surface area contributed by atoms with Crippen molar-refractivity contribution in [2.75, 3.05) is 0 Å². The Morgan fingerprint density at radius 1 is 1.29 bits per heavy atom. The summed E-state index contributed by atoms with van der Waals surface area (Å²) in [4.78, 5) is 4.33. The molecule has 1 heterocycles. The van der Waals surface area contributed by atoms with E-state index in [2.05, 4.69) is 20.9 Å². The van der Waals surface area contributed by atoms with Crippen LogP contribution in [0.5, 0.6) is 11.5 Å². The van der Waals surface area contributed by atoms with E-state index in [4.69, 9.17) is 22.7 Å². The third-order valence-electron chi connectivity index (χ3n) is 2.06. The Hall–Kier alpha value is -1.46. The van der Waals surface area contributed by atoms with E-state index in [-0.39, 0.29) is 0 Å². The van der Waals surface area contributed by atoms with Gasteiger partial charge >= 0.3 is 0 Å². The third-order valence-corrected chi connectivity index (χ3v) is 2.71. The number of para-hydroxylation sites is 1. The highest BCUT2D eigenvalue weighted by Crippen LogP contribution is 2.26. The van der Waals surface area contributed by atoms with Crippen LogP contribution >= 0.6 is 28.1 Å². The number of ether oxygens (including phenoxy) is 1. The fourth-order valence-corrected chi connectivity index (χ4v) is 1.85. The molecule has 17 heavy (non-hydrogen) atoms. The van der Waals surface area contributed by atoms with Gasteiger partial charge in [-0.15, -0.1) is 0 Å². The molecule has 0 fully saturated rings. The lowest BCUT2D eigenvalue weighted by atomic mass is 10.2. The van der Waals surface area contributed by atoms with Crippen molar-refractivity contribution in [3.63, 3.8) is 0 Å². The summed E-state index contributed by atoms with van der Waals surface area (Å²) in [6, 6.07) is 9.19. The van der Waals surface area contributed by atoms with Crippen molar-refractivity contribution >= 4 is 33.1 Å². The van der Waals surface area contributed by atoms with Crippen molar-refractivity contribution in [2.24, 2.45) is 5.73 Å². The first kappa shape index (κ1) is 12.0. The summed E-state index contributed by atoms with van der Waals surface area (Å²) in [5.74, 6) is 1.25. The number of thiocarbonyl (C=S) groups is 1. The van der Waals surface area contributed by atoms with E-state index < -0.39 is 0 Å². The molecule has 86 valence electrons. The number of rotatable bonds is 3. The van der Waals surface area contributed by atoms with Crippen molar-refractivity contribution in [3.8, 4) is 11.5 Å². The van der Waals surface area contributed by atoms with Gasteiger partial charge in [0.1, 0.15) is 16.5 Å². The number of nitrogens with zero attached hydrogens (tertiary/aromatic N) is 1. The maximum atomic E-state index is 5.69. The van der Waals surface area contributed by atoms with Crippen LogP contribution in [0, 0.1) is 0 Å². The van der Waals surface area contributed by atoms with Gasteiger partial charge in [0.2, 0.25) is 0 Å². The average molecular weight is 309 g/mol. The number of halogens is 1. The van der Waals surface area contributed by atoms with Crippen LogP contribution in [0.2, 0.25) is 0 Å². The van der Waals surface area contributed by atoms with E-state index in [1.54, 1.807) is 12.4 Å². The Labute approximate surface area is 113 Å².